The van der Waals surface area contributed by atoms with Gasteiger partial charge in [-0.05, 0) is 59.7 Å². The van der Waals surface area contributed by atoms with Gasteiger partial charge in [0.05, 0.1) is 34.8 Å². The van der Waals surface area contributed by atoms with Gasteiger partial charge in [0.1, 0.15) is 11.8 Å². The van der Waals surface area contributed by atoms with E-state index >= 15 is 0 Å². The fourth-order valence-corrected chi connectivity index (χ4v) is 7.66. The summed E-state index contributed by atoms with van der Waals surface area (Å²) in [6.45, 7) is 0. The van der Waals surface area contributed by atoms with E-state index in [2.05, 4.69) is 0 Å². The van der Waals surface area contributed by atoms with Gasteiger partial charge in [0.25, 0.3) is 11.8 Å². The summed E-state index contributed by atoms with van der Waals surface area (Å²) in [5.41, 5.74) is 3.83. The van der Waals surface area contributed by atoms with Gasteiger partial charge in [0.15, 0.2) is 12.2 Å². The number of rotatable bonds is 6. The van der Waals surface area contributed by atoms with Crippen LogP contribution in [0.3, 0.4) is 0 Å². The van der Waals surface area contributed by atoms with Gasteiger partial charge in [-0.2, -0.15) is 0 Å². The Morgan fingerprint density at radius 1 is 0.360 bits per heavy atom. The zero-order valence-electron chi connectivity index (χ0n) is 26.6. The fraction of sp³-hybridized carbons (Fsp3) is 0.150. The number of imide groups is 2. The topological polar surface area (TPSA) is 99.7 Å². The Balaban J connectivity index is 0.999. The summed E-state index contributed by atoms with van der Waals surface area (Å²) in [6.07, 6.45) is -2.04. The highest BCUT2D eigenvalue weighted by Crippen LogP contribution is 2.49. The number of fused-ring (bicyclic) bond motifs is 2. The smallest absolute Gasteiger partial charge is 0.266 e. The Hall–Kier alpha value is -6.10. The first-order valence-corrected chi connectivity index (χ1v) is 16.5. The molecule has 0 N–H and O–H groups in total. The second-order valence-electron chi connectivity index (χ2n) is 12.7. The third-order valence-electron chi connectivity index (χ3n) is 9.90. The summed E-state index contributed by atoms with van der Waals surface area (Å²) in [6, 6.07) is 43.1. The number of nitrogens with zero attached hydrogens (tertiary/aromatic N) is 4. The highest BCUT2D eigenvalue weighted by Gasteiger charge is 2.62. The fourth-order valence-electron chi connectivity index (χ4n) is 7.66. The first kappa shape index (κ1) is 30.0. The lowest BCUT2D eigenvalue weighted by Gasteiger charge is -2.29. The van der Waals surface area contributed by atoms with Crippen LogP contribution in [-0.2, 0) is 28.9 Å². The molecule has 246 valence electrons. The van der Waals surface area contributed by atoms with Crippen LogP contribution >= 0.6 is 0 Å². The zero-order chi connectivity index (χ0) is 33.9. The number of amides is 4. The molecule has 4 fully saturated rings. The van der Waals surface area contributed by atoms with Crippen LogP contribution in [0.1, 0.15) is 23.2 Å². The van der Waals surface area contributed by atoms with Crippen molar-refractivity contribution in [2.45, 2.75) is 24.3 Å². The maximum atomic E-state index is 14.1. The number of para-hydroxylation sites is 2. The molecular formula is C40H30N4O6. The predicted molar refractivity (Wildman–Crippen MR) is 184 cm³/mol. The molecule has 4 aliphatic heterocycles. The van der Waals surface area contributed by atoms with Gasteiger partial charge in [0, 0.05) is 0 Å². The van der Waals surface area contributed by atoms with Gasteiger partial charge >= 0.3 is 0 Å². The molecule has 10 heteroatoms. The van der Waals surface area contributed by atoms with Crippen LogP contribution in [0.4, 0.5) is 22.7 Å². The number of carbonyl (C=O) groups is 4. The number of benzene rings is 5. The normalized spacial score (nSPS) is 25.8. The predicted octanol–water partition coefficient (Wildman–Crippen LogP) is 5.79. The molecule has 0 radical (unpaired) electrons. The second kappa shape index (κ2) is 11.8. The lowest BCUT2D eigenvalue weighted by Crippen LogP contribution is -2.38. The van der Waals surface area contributed by atoms with Crippen LogP contribution < -0.4 is 19.9 Å². The summed E-state index contributed by atoms with van der Waals surface area (Å²) < 4.78 is 0. The molecule has 5 aromatic rings. The minimum absolute atomic E-state index is 0.327. The first-order chi connectivity index (χ1) is 24.5. The number of carbonyl (C=O) groups excluding carboxylic acids is 4. The van der Waals surface area contributed by atoms with E-state index < -0.39 is 47.9 Å². The number of hydrogen-bond acceptors (Lipinski definition) is 8. The van der Waals surface area contributed by atoms with Crippen LogP contribution in [0.15, 0.2) is 146 Å². The van der Waals surface area contributed by atoms with Crippen LogP contribution in [-0.4, -0.2) is 35.8 Å². The maximum Gasteiger partial charge on any atom is 0.266 e. The third kappa shape index (κ3) is 4.57. The molecule has 4 heterocycles. The van der Waals surface area contributed by atoms with Crippen molar-refractivity contribution in [3.8, 4) is 0 Å². The molecule has 4 aliphatic rings. The lowest BCUT2D eigenvalue weighted by atomic mass is 9.90. The number of hydrogen-bond donors (Lipinski definition) is 0. The quantitative estimate of drug-likeness (QED) is 0.211. The van der Waals surface area contributed by atoms with Crippen LogP contribution in [0.5, 0.6) is 0 Å². The molecule has 6 atom stereocenters. The van der Waals surface area contributed by atoms with Gasteiger partial charge < -0.3 is 0 Å². The molecule has 0 aliphatic carbocycles. The Morgan fingerprint density at radius 3 is 1.02 bits per heavy atom. The van der Waals surface area contributed by atoms with Crippen LogP contribution in [0, 0.1) is 11.8 Å². The van der Waals surface area contributed by atoms with Crippen LogP contribution in [0.2, 0.25) is 0 Å². The average molecular weight is 663 g/mol. The maximum absolute atomic E-state index is 14.1. The van der Waals surface area contributed by atoms with Gasteiger partial charge in [0.2, 0.25) is 11.8 Å². The van der Waals surface area contributed by atoms with Crippen molar-refractivity contribution in [1.82, 2.24) is 0 Å². The standard InChI is InChI=1S/C40H30N4O6/c45-37-31-33(25-13-5-1-6-14-25)43(29-17-9-3-10-18-29)49-35(31)39(47)41(37)27-21-23-28(24-22-27)42-38(46)32-34(26-15-7-2-8-16-26)44(50-36(32)40(42)48)30-19-11-4-12-20-30/h1-24,31-36H/t31-,32-,33-,34-,35+,36+/m0/s1. The van der Waals surface area contributed by atoms with Crippen molar-refractivity contribution in [3.05, 3.63) is 157 Å². The summed E-state index contributed by atoms with van der Waals surface area (Å²) in [5, 5.41) is 3.32. The average Bonchev–Trinajstić information content (AvgIpc) is 3.89. The molecule has 10 nitrogen and oxygen atoms in total. The van der Waals surface area contributed by atoms with E-state index in [-0.39, 0.29) is 11.8 Å². The van der Waals surface area contributed by atoms with E-state index in [1.807, 2.05) is 121 Å². The number of anilines is 4. The molecule has 0 aromatic heterocycles. The molecule has 0 spiro atoms. The molecule has 0 bridgehead atoms. The molecule has 4 saturated heterocycles. The largest absolute Gasteiger partial charge is 0.273 e. The summed E-state index contributed by atoms with van der Waals surface area (Å²) in [5.74, 6) is -3.30. The summed E-state index contributed by atoms with van der Waals surface area (Å²) in [4.78, 5) is 70.7. The highest BCUT2D eigenvalue weighted by atomic mass is 16.7. The summed E-state index contributed by atoms with van der Waals surface area (Å²) in [7, 11) is 0. The van der Waals surface area contributed by atoms with Crippen molar-refractivity contribution in [1.29, 1.82) is 0 Å². The third-order valence-corrected chi connectivity index (χ3v) is 9.90. The van der Waals surface area contributed by atoms with Crippen molar-refractivity contribution in [2.75, 3.05) is 19.9 Å². The molecule has 0 unspecified atom stereocenters. The molecular weight excluding hydrogens is 632 g/mol. The van der Waals surface area contributed by atoms with Gasteiger partial charge in [-0.25, -0.2) is 19.9 Å². The summed E-state index contributed by atoms with van der Waals surface area (Å²) >= 11 is 0. The minimum atomic E-state index is -1.02. The molecule has 50 heavy (non-hydrogen) atoms. The van der Waals surface area contributed by atoms with Crippen LogP contribution in [0.25, 0.3) is 0 Å². The monoisotopic (exact) mass is 662 g/mol. The van der Waals surface area contributed by atoms with E-state index in [1.165, 1.54) is 0 Å². The van der Waals surface area contributed by atoms with Gasteiger partial charge in [-0.15, -0.1) is 0 Å². The van der Waals surface area contributed by atoms with Gasteiger partial charge in [-0.1, -0.05) is 97.1 Å². The molecule has 9 rings (SSSR count). The van der Waals surface area contributed by atoms with Crippen molar-refractivity contribution < 1.29 is 28.9 Å². The number of hydroxylamine groups is 2. The minimum Gasteiger partial charge on any atom is -0.273 e. The van der Waals surface area contributed by atoms with Crippen molar-refractivity contribution in [3.63, 3.8) is 0 Å². The second-order valence-corrected chi connectivity index (χ2v) is 12.7. The Labute approximate surface area is 287 Å². The SMILES string of the molecule is O=C1[C@@H]2[C@@H](ON(c3ccccc3)[C@H]2c2ccccc2)C(=O)N1c1ccc(N2C(=O)[C@@H]3[C@@H](ON(c4ccccc4)[C@H]3c3ccccc3)C2=O)cc1. The van der Waals surface area contributed by atoms with E-state index in [1.54, 1.807) is 34.4 Å². The molecule has 5 aromatic carbocycles. The van der Waals surface area contributed by atoms with Gasteiger partial charge in [-0.3, -0.25) is 28.9 Å². The Kier molecular flexibility index (Phi) is 7.08. The van der Waals surface area contributed by atoms with Crippen molar-refractivity contribution in [2.24, 2.45) is 11.8 Å². The zero-order valence-corrected chi connectivity index (χ0v) is 26.6. The van der Waals surface area contributed by atoms with E-state index in [9.17, 15) is 19.2 Å². The van der Waals surface area contributed by atoms with Crippen molar-refractivity contribution >= 4 is 46.4 Å². The Bertz CT molecular complexity index is 1950. The molecule has 0 saturated carbocycles. The first-order valence-electron chi connectivity index (χ1n) is 16.5. The highest BCUT2D eigenvalue weighted by molar-refractivity contribution is 6.25. The lowest BCUT2D eigenvalue weighted by molar-refractivity contribution is -0.127. The molecule has 4 amide bonds. The van der Waals surface area contributed by atoms with E-state index in [0.29, 0.717) is 11.4 Å². The Morgan fingerprint density at radius 2 is 0.680 bits per heavy atom. The van der Waals surface area contributed by atoms with E-state index in [4.69, 9.17) is 9.68 Å². The van der Waals surface area contributed by atoms with E-state index in [0.717, 1.165) is 32.3 Å².